The number of carbonyl (C=O) groups excluding carboxylic acids is 1. The summed E-state index contributed by atoms with van der Waals surface area (Å²) in [5.74, 6) is 0.885. The zero-order chi connectivity index (χ0) is 17.2. The van der Waals surface area contributed by atoms with E-state index in [1.807, 2.05) is 36.1 Å². The van der Waals surface area contributed by atoms with Gasteiger partial charge in [-0.15, -0.1) is 5.10 Å². The molecule has 0 bridgehead atoms. The van der Waals surface area contributed by atoms with E-state index in [1.54, 1.807) is 10.9 Å². The third kappa shape index (κ3) is 3.90. The minimum Gasteiger partial charge on any atom is -0.337 e. The number of rotatable bonds is 5. The topological polar surface area (TPSA) is 63.1 Å². The summed E-state index contributed by atoms with van der Waals surface area (Å²) in [6.45, 7) is 4.76. The van der Waals surface area contributed by atoms with Crippen molar-refractivity contribution in [1.29, 1.82) is 0 Å². The Morgan fingerprint density at radius 2 is 2.04 bits per heavy atom. The van der Waals surface area contributed by atoms with Crippen molar-refractivity contribution in [3.8, 4) is 5.69 Å². The summed E-state index contributed by atoms with van der Waals surface area (Å²) in [6.07, 6.45) is 6.52. The molecule has 1 aromatic heterocycles. The number of hydrogen-bond donors (Lipinski definition) is 1. The van der Waals surface area contributed by atoms with E-state index in [9.17, 15) is 4.79 Å². The second-order valence-electron chi connectivity index (χ2n) is 7.31. The first-order chi connectivity index (χ1) is 12.2. The fourth-order valence-electron chi connectivity index (χ4n) is 3.36. The summed E-state index contributed by atoms with van der Waals surface area (Å²) in [7, 11) is 0. The zero-order valence-electron chi connectivity index (χ0n) is 14.7. The number of aromatic nitrogens is 3. The molecule has 25 heavy (non-hydrogen) atoms. The fraction of sp³-hybridized carbons (Fsp3) is 0.526. The maximum atomic E-state index is 12.7. The Bertz CT molecular complexity index is 744. The van der Waals surface area contributed by atoms with Gasteiger partial charge in [-0.2, -0.15) is 0 Å². The van der Waals surface area contributed by atoms with Gasteiger partial charge >= 0.3 is 0 Å². The van der Waals surface area contributed by atoms with E-state index < -0.39 is 0 Å². The number of piperidine rings is 1. The van der Waals surface area contributed by atoms with Crippen LogP contribution in [-0.4, -0.2) is 51.5 Å². The van der Waals surface area contributed by atoms with Gasteiger partial charge in [-0.3, -0.25) is 4.79 Å². The van der Waals surface area contributed by atoms with Crippen LogP contribution < -0.4 is 5.32 Å². The molecule has 1 N–H and O–H groups in total. The highest BCUT2D eigenvalue weighted by Gasteiger charge is 2.27. The van der Waals surface area contributed by atoms with Gasteiger partial charge in [0, 0.05) is 19.1 Å². The van der Waals surface area contributed by atoms with E-state index in [2.05, 4.69) is 15.6 Å². The van der Waals surface area contributed by atoms with Crippen LogP contribution in [0.5, 0.6) is 0 Å². The molecule has 1 amide bonds. The summed E-state index contributed by atoms with van der Waals surface area (Å²) < 4.78 is 1.67. The largest absolute Gasteiger partial charge is 0.337 e. The van der Waals surface area contributed by atoms with Gasteiger partial charge in [-0.05, 0) is 62.8 Å². The van der Waals surface area contributed by atoms with Crippen molar-refractivity contribution in [3.63, 3.8) is 0 Å². The van der Waals surface area contributed by atoms with Crippen molar-refractivity contribution in [1.82, 2.24) is 25.2 Å². The molecule has 0 unspecified atom stereocenters. The summed E-state index contributed by atoms with van der Waals surface area (Å²) in [6, 6.07) is 8.56. The van der Waals surface area contributed by atoms with Crippen molar-refractivity contribution in [2.45, 2.75) is 38.6 Å². The lowest BCUT2D eigenvalue weighted by Gasteiger charge is -2.32. The van der Waals surface area contributed by atoms with Gasteiger partial charge in [-0.1, -0.05) is 17.3 Å². The van der Waals surface area contributed by atoms with E-state index in [1.165, 1.54) is 12.8 Å². The first-order valence-corrected chi connectivity index (χ1v) is 9.21. The minimum atomic E-state index is -0.0143. The molecule has 2 heterocycles. The summed E-state index contributed by atoms with van der Waals surface area (Å²) in [4.78, 5) is 14.6. The maximum absolute atomic E-state index is 12.7. The van der Waals surface area contributed by atoms with Crippen molar-refractivity contribution in [3.05, 3.63) is 41.7 Å². The van der Waals surface area contributed by atoms with Crippen LogP contribution in [0.4, 0.5) is 0 Å². The van der Waals surface area contributed by atoms with Crippen LogP contribution in [0, 0.1) is 12.8 Å². The number of carbonyl (C=O) groups is 1. The molecule has 2 fully saturated rings. The van der Waals surface area contributed by atoms with E-state index in [-0.39, 0.29) is 5.91 Å². The highest BCUT2D eigenvalue weighted by Crippen LogP contribution is 2.28. The quantitative estimate of drug-likeness (QED) is 0.907. The molecule has 0 atom stereocenters. The lowest BCUT2D eigenvalue weighted by Crippen LogP contribution is -2.45. The fourth-order valence-corrected chi connectivity index (χ4v) is 3.36. The molecule has 132 valence electrons. The zero-order valence-corrected chi connectivity index (χ0v) is 14.7. The van der Waals surface area contributed by atoms with Crippen LogP contribution in [0.25, 0.3) is 5.69 Å². The van der Waals surface area contributed by atoms with E-state index in [0.717, 1.165) is 49.6 Å². The Morgan fingerprint density at radius 3 is 2.76 bits per heavy atom. The lowest BCUT2D eigenvalue weighted by molar-refractivity contribution is 0.0699. The Balaban J connectivity index is 1.35. The van der Waals surface area contributed by atoms with Gasteiger partial charge in [0.2, 0.25) is 0 Å². The van der Waals surface area contributed by atoms with Crippen LogP contribution in [0.15, 0.2) is 30.5 Å². The number of aryl methyl sites for hydroxylation is 1. The molecule has 1 aromatic carbocycles. The number of benzene rings is 1. The molecule has 1 aliphatic heterocycles. The molecule has 6 heteroatoms. The van der Waals surface area contributed by atoms with E-state index in [4.69, 9.17) is 0 Å². The Hall–Kier alpha value is -2.21. The Morgan fingerprint density at radius 1 is 1.24 bits per heavy atom. The van der Waals surface area contributed by atoms with E-state index in [0.29, 0.717) is 11.7 Å². The van der Waals surface area contributed by atoms with Crippen LogP contribution in [-0.2, 0) is 0 Å². The molecule has 6 nitrogen and oxygen atoms in total. The molecular weight excluding hydrogens is 314 g/mol. The van der Waals surface area contributed by atoms with E-state index >= 15 is 0 Å². The van der Waals surface area contributed by atoms with Crippen molar-refractivity contribution in [2.24, 2.45) is 5.92 Å². The van der Waals surface area contributed by atoms with Crippen molar-refractivity contribution >= 4 is 5.91 Å². The van der Waals surface area contributed by atoms with Gasteiger partial charge in [0.05, 0.1) is 11.9 Å². The van der Waals surface area contributed by atoms with Crippen LogP contribution in [0.1, 0.15) is 41.7 Å². The number of hydrogen-bond acceptors (Lipinski definition) is 4. The summed E-state index contributed by atoms with van der Waals surface area (Å²) >= 11 is 0. The predicted molar refractivity (Wildman–Crippen MR) is 95.7 cm³/mol. The molecule has 2 aliphatic rings. The van der Waals surface area contributed by atoms with Gasteiger partial charge in [0.15, 0.2) is 5.69 Å². The average Bonchev–Trinajstić information content (AvgIpc) is 3.33. The standard InChI is InChI=1S/C19H25N5O/c1-14-3-2-4-17(11-14)24-13-18(21-22-24)19(25)23-9-7-16(8-10-23)20-12-15-5-6-15/h2-4,11,13,15-16,20H,5-10,12H2,1H3. The third-order valence-corrected chi connectivity index (χ3v) is 5.15. The number of nitrogens with zero attached hydrogens (tertiary/aromatic N) is 4. The first kappa shape index (κ1) is 16.3. The highest BCUT2D eigenvalue weighted by molar-refractivity contribution is 5.92. The number of likely N-dealkylation sites (tertiary alicyclic amines) is 1. The second-order valence-corrected chi connectivity index (χ2v) is 7.31. The second kappa shape index (κ2) is 6.96. The minimum absolute atomic E-state index is 0.0143. The molecule has 2 aromatic rings. The molecule has 4 rings (SSSR count). The maximum Gasteiger partial charge on any atom is 0.276 e. The Labute approximate surface area is 148 Å². The van der Waals surface area contributed by atoms with Crippen LogP contribution in [0.2, 0.25) is 0 Å². The molecule has 0 spiro atoms. The van der Waals surface area contributed by atoms with Gasteiger partial charge < -0.3 is 10.2 Å². The SMILES string of the molecule is Cc1cccc(-n2cc(C(=O)N3CCC(NCC4CC4)CC3)nn2)c1. The van der Waals surface area contributed by atoms with Gasteiger partial charge in [-0.25, -0.2) is 4.68 Å². The third-order valence-electron chi connectivity index (χ3n) is 5.15. The van der Waals surface area contributed by atoms with Crippen LogP contribution >= 0.6 is 0 Å². The molecular formula is C19H25N5O. The van der Waals surface area contributed by atoms with Gasteiger partial charge in [0.25, 0.3) is 5.91 Å². The average molecular weight is 339 g/mol. The first-order valence-electron chi connectivity index (χ1n) is 9.21. The molecule has 1 saturated heterocycles. The smallest absolute Gasteiger partial charge is 0.276 e. The van der Waals surface area contributed by atoms with Gasteiger partial charge in [0.1, 0.15) is 0 Å². The van der Waals surface area contributed by atoms with Crippen LogP contribution in [0.3, 0.4) is 0 Å². The predicted octanol–water partition coefficient (Wildman–Crippen LogP) is 2.18. The number of nitrogens with one attached hydrogen (secondary N) is 1. The number of amides is 1. The molecule has 1 saturated carbocycles. The normalized spacial score (nSPS) is 18.5. The van der Waals surface area contributed by atoms with Crippen molar-refractivity contribution in [2.75, 3.05) is 19.6 Å². The summed E-state index contributed by atoms with van der Waals surface area (Å²) in [5, 5.41) is 11.9. The molecule has 0 radical (unpaired) electrons. The lowest BCUT2D eigenvalue weighted by atomic mass is 10.0. The molecule has 1 aliphatic carbocycles. The summed E-state index contributed by atoms with van der Waals surface area (Å²) in [5.41, 5.74) is 2.50. The van der Waals surface area contributed by atoms with Crippen molar-refractivity contribution < 1.29 is 4.79 Å². The Kier molecular flexibility index (Phi) is 4.53. The monoisotopic (exact) mass is 339 g/mol. The highest BCUT2D eigenvalue weighted by atomic mass is 16.2.